The van der Waals surface area contributed by atoms with Gasteiger partial charge in [0, 0.05) is 25.4 Å². The van der Waals surface area contributed by atoms with Gasteiger partial charge in [-0.05, 0) is 29.8 Å². The average Bonchev–Trinajstić information content (AvgIpc) is 2.85. The highest BCUT2D eigenvalue weighted by Crippen LogP contribution is 2.29. The van der Waals surface area contributed by atoms with E-state index in [0.29, 0.717) is 0 Å². The van der Waals surface area contributed by atoms with Crippen molar-refractivity contribution in [3.8, 4) is 0 Å². The molecule has 0 amide bonds. The summed E-state index contributed by atoms with van der Waals surface area (Å²) in [4.78, 5) is 0. The summed E-state index contributed by atoms with van der Waals surface area (Å²) in [5.74, 6) is 5.72. The Balaban J connectivity index is 2.51. The van der Waals surface area contributed by atoms with Crippen LogP contribution in [0.2, 0.25) is 0 Å². The Labute approximate surface area is 114 Å². The Hall–Kier alpha value is -1.18. The summed E-state index contributed by atoms with van der Waals surface area (Å²) in [5, 5.41) is 8.66. The molecule has 0 spiro atoms. The Kier molecular flexibility index (Phi) is 3.84. The molecule has 0 radical (unpaired) electrons. The normalized spacial score (nSPS) is 12.9. The van der Waals surface area contributed by atoms with E-state index >= 15 is 0 Å². The molecule has 18 heavy (non-hydrogen) atoms. The smallest absolute Gasteiger partial charge is 0.0922 e. The first-order chi connectivity index (χ1) is 8.58. The van der Waals surface area contributed by atoms with E-state index in [1.165, 1.54) is 0 Å². The highest BCUT2D eigenvalue weighted by Gasteiger charge is 2.23. The summed E-state index contributed by atoms with van der Waals surface area (Å²) in [6.07, 6.45) is 3.76. The standard InChI is InChI=1S/C11H17BrN6/c1-4-18-11(9(12)5-14-18)10(15-13)8-6-17(3)16-7(8)2/h5-6,10,15H,4,13H2,1-3H3. The van der Waals surface area contributed by atoms with Gasteiger partial charge < -0.3 is 0 Å². The van der Waals surface area contributed by atoms with E-state index < -0.39 is 0 Å². The number of halogens is 1. The fraction of sp³-hybridized carbons (Fsp3) is 0.455. The average molecular weight is 313 g/mol. The van der Waals surface area contributed by atoms with Gasteiger partial charge in [-0.1, -0.05) is 0 Å². The lowest BCUT2D eigenvalue weighted by Crippen LogP contribution is -2.31. The zero-order chi connectivity index (χ0) is 13.3. The first kappa shape index (κ1) is 13.3. The molecule has 7 heteroatoms. The maximum absolute atomic E-state index is 5.72. The Morgan fingerprint density at radius 3 is 2.78 bits per heavy atom. The van der Waals surface area contributed by atoms with Gasteiger partial charge >= 0.3 is 0 Å². The van der Waals surface area contributed by atoms with E-state index in [1.54, 1.807) is 10.9 Å². The third-order valence-corrected chi connectivity index (χ3v) is 3.55. The topological polar surface area (TPSA) is 73.7 Å². The molecule has 3 N–H and O–H groups in total. The molecule has 0 saturated carbocycles. The van der Waals surface area contributed by atoms with Gasteiger partial charge in [-0.2, -0.15) is 10.2 Å². The number of hydrogen-bond donors (Lipinski definition) is 2. The van der Waals surface area contributed by atoms with Gasteiger partial charge in [0.05, 0.1) is 28.1 Å². The molecule has 98 valence electrons. The van der Waals surface area contributed by atoms with E-state index in [0.717, 1.165) is 28.0 Å². The van der Waals surface area contributed by atoms with Gasteiger partial charge in [0.2, 0.25) is 0 Å². The van der Waals surface area contributed by atoms with Crippen LogP contribution in [0.3, 0.4) is 0 Å². The summed E-state index contributed by atoms with van der Waals surface area (Å²) in [7, 11) is 1.90. The van der Waals surface area contributed by atoms with Gasteiger partial charge in [-0.15, -0.1) is 0 Å². The van der Waals surface area contributed by atoms with E-state index in [4.69, 9.17) is 5.84 Å². The molecule has 0 fully saturated rings. The fourth-order valence-corrected chi connectivity index (χ4v) is 2.65. The minimum Gasteiger partial charge on any atom is -0.275 e. The van der Waals surface area contributed by atoms with Crippen LogP contribution in [0, 0.1) is 6.92 Å². The number of nitrogens with zero attached hydrogens (tertiary/aromatic N) is 4. The number of nitrogens with two attached hydrogens (primary N) is 1. The van der Waals surface area contributed by atoms with Crippen molar-refractivity contribution in [2.45, 2.75) is 26.4 Å². The van der Waals surface area contributed by atoms with Crippen LogP contribution in [0.5, 0.6) is 0 Å². The predicted octanol–water partition coefficient (Wildman–Crippen LogP) is 1.26. The fourth-order valence-electron chi connectivity index (χ4n) is 2.13. The number of aryl methyl sites for hydroxylation is 3. The molecule has 0 bridgehead atoms. The number of nitrogens with one attached hydrogen (secondary N) is 1. The molecule has 0 aliphatic carbocycles. The molecule has 6 nitrogen and oxygen atoms in total. The van der Waals surface area contributed by atoms with Crippen molar-refractivity contribution in [3.63, 3.8) is 0 Å². The van der Waals surface area contributed by atoms with Crippen LogP contribution in [0.15, 0.2) is 16.9 Å². The number of rotatable bonds is 4. The van der Waals surface area contributed by atoms with Crippen molar-refractivity contribution in [2.24, 2.45) is 12.9 Å². The van der Waals surface area contributed by atoms with Crippen LogP contribution in [0.4, 0.5) is 0 Å². The first-order valence-electron chi connectivity index (χ1n) is 5.76. The lowest BCUT2D eigenvalue weighted by molar-refractivity contribution is 0.540. The first-order valence-corrected chi connectivity index (χ1v) is 6.55. The molecular weight excluding hydrogens is 296 g/mol. The van der Waals surface area contributed by atoms with Crippen LogP contribution in [0.1, 0.15) is 29.9 Å². The second kappa shape index (κ2) is 5.21. The highest BCUT2D eigenvalue weighted by molar-refractivity contribution is 9.10. The zero-order valence-electron chi connectivity index (χ0n) is 10.7. The van der Waals surface area contributed by atoms with Crippen LogP contribution in [-0.4, -0.2) is 19.6 Å². The molecule has 0 aromatic carbocycles. The number of aromatic nitrogens is 4. The van der Waals surface area contributed by atoms with E-state index in [9.17, 15) is 0 Å². The SMILES string of the molecule is CCn1ncc(Br)c1C(NN)c1cn(C)nc1C. The molecule has 0 saturated heterocycles. The molecule has 1 unspecified atom stereocenters. The summed E-state index contributed by atoms with van der Waals surface area (Å²) >= 11 is 3.52. The third kappa shape index (κ3) is 2.21. The van der Waals surface area contributed by atoms with Crippen molar-refractivity contribution >= 4 is 15.9 Å². The molecule has 0 aliphatic rings. The van der Waals surface area contributed by atoms with Gasteiger partial charge in [-0.3, -0.25) is 15.2 Å². The summed E-state index contributed by atoms with van der Waals surface area (Å²) in [5.41, 5.74) is 5.86. The van der Waals surface area contributed by atoms with Crippen molar-refractivity contribution in [1.82, 2.24) is 25.0 Å². The summed E-state index contributed by atoms with van der Waals surface area (Å²) < 4.78 is 4.65. The molecule has 0 aliphatic heterocycles. The lowest BCUT2D eigenvalue weighted by atomic mass is 10.1. The zero-order valence-corrected chi connectivity index (χ0v) is 12.3. The van der Waals surface area contributed by atoms with Crippen LogP contribution < -0.4 is 11.3 Å². The molecule has 2 aromatic heterocycles. The largest absolute Gasteiger partial charge is 0.275 e. The third-order valence-electron chi connectivity index (χ3n) is 2.94. The van der Waals surface area contributed by atoms with E-state index in [1.807, 2.05) is 31.8 Å². The molecule has 1 atom stereocenters. The van der Waals surface area contributed by atoms with Gasteiger partial charge in [-0.25, -0.2) is 5.43 Å². The van der Waals surface area contributed by atoms with Crippen LogP contribution in [0.25, 0.3) is 0 Å². The van der Waals surface area contributed by atoms with Crippen LogP contribution in [-0.2, 0) is 13.6 Å². The quantitative estimate of drug-likeness (QED) is 0.658. The molecule has 2 rings (SSSR count). The minimum absolute atomic E-state index is 0.129. The maximum Gasteiger partial charge on any atom is 0.0922 e. The van der Waals surface area contributed by atoms with Gasteiger partial charge in [0.1, 0.15) is 0 Å². The monoisotopic (exact) mass is 312 g/mol. The maximum atomic E-state index is 5.72. The second-order valence-corrected chi connectivity index (χ2v) is 4.99. The van der Waals surface area contributed by atoms with Crippen molar-refractivity contribution in [2.75, 3.05) is 0 Å². The van der Waals surface area contributed by atoms with E-state index in [2.05, 4.69) is 31.6 Å². The van der Waals surface area contributed by atoms with Crippen LogP contribution >= 0.6 is 15.9 Å². The second-order valence-electron chi connectivity index (χ2n) is 4.14. The minimum atomic E-state index is -0.129. The number of hydrogen-bond acceptors (Lipinski definition) is 4. The summed E-state index contributed by atoms with van der Waals surface area (Å²) in [6.45, 7) is 4.81. The van der Waals surface area contributed by atoms with Crippen molar-refractivity contribution in [3.05, 3.63) is 33.8 Å². The van der Waals surface area contributed by atoms with E-state index in [-0.39, 0.29) is 6.04 Å². The van der Waals surface area contributed by atoms with Crippen molar-refractivity contribution in [1.29, 1.82) is 0 Å². The molecular formula is C11H17BrN6. The lowest BCUT2D eigenvalue weighted by Gasteiger charge is -2.17. The Morgan fingerprint density at radius 1 is 1.56 bits per heavy atom. The highest BCUT2D eigenvalue weighted by atomic mass is 79.9. The summed E-state index contributed by atoms with van der Waals surface area (Å²) in [6, 6.07) is -0.129. The predicted molar refractivity (Wildman–Crippen MR) is 72.7 cm³/mol. The van der Waals surface area contributed by atoms with Gasteiger partial charge in [0.25, 0.3) is 0 Å². The Morgan fingerprint density at radius 2 is 2.28 bits per heavy atom. The number of hydrazine groups is 1. The molecule has 2 aromatic rings. The van der Waals surface area contributed by atoms with Gasteiger partial charge in [0.15, 0.2) is 0 Å². The molecule has 2 heterocycles. The Bertz CT molecular complexity index is 544. The van der Waals surface area contributed by atoms with Crippen molar-refractivity contribution < 1.29 is 0 Å².